The summed E-state index contributed by atoms with van der Waals surface area (Å²) < 4.78 is 28.1. The summed E-state index contributed by atoms with van der Waals surface area (Å²) in [4.78, 5) is 16.6. The van der Waals surface area contributed by atoms with Gasteiger partial charge in [0.2, 0.25) is 0 Å². The zero-order valence-electron chi connectivity index (χ0n) is 15.9. The largest absolute Gasteiger partial charge is 0.346 e. The van der Waals surface area contributed by atoms with Crippen molar-refractivity contribution in [3.05, 3.63) is 88.2 Å². The molecular formula is C21H20ClN3O3S. The molecule has 0 radical (unpaired) electrons. The van der Waals surface area contributed by atoms with Crippen molar-refractivity contribution in [3.8, 4) is 0 Å². The van der Waals surface area contributed by atoms with Crippen molar-refractivity contribution in [2.75, 3.05) is 4.72 Å². The van der Waals surface area contributed by atoms with Crippen molar-refractivity contribution >= 4 is 33.2 Å². The number of aryl methyl sites for hydroxylation is 2. The maximum absolute atomic E-state index is 12.8. The highest BCUT2D eigenvalue weighted by Gasteiger charge is 2.19. The number of anilines is 1. The topological polar surface area (TPSA) is 88.2 Å². The highest BCUT2D eigenvalue weighted by molar-refractivity contribution is 7.92. The first kappa shape index (κ1) is 20.8. The molecule has 0 saturated carbocycles. The van der Waals surface area contributed by atoms with Gasteiger partial charge in [0, 0.05) is 11.9 Å². The van der Waals surface area contributed by atoms with Crippen LogP contribution in [0.1, 0.15) is 27.2 Å². The van der Waals surface area contributed by atoms with Gasteiger partial charge in [0.1, 0.15) is 0 Å². The summed E-state index contributed by atoms with van der Waals surface area (Å²) in [7, 11) is -3.88. The number of benzene rings is 2. The third kappa shape index (κ3) is 5.13. The maximum atomic E-state index is 12.8. The maximum Gasteiger partial charge on any atom is 0.261 e. The van der Waals surface area contributed by atoms with E-state index in [0.29, 0.717) is 11.4 Å². The first-order valence-corrected chi connectivity index (χ1v) is 10.7. The number of halogens is 1. The lowest BCUT2D eigenvalue weighted by Gasteiger charge is -2.12. The average molecular weight is 430 g/mol. The van der Waals surface area contributed by atoms with E-state index < -0.39 is 15.9 Å². The van der Waals surface area contributed by atoms with E-state index in [1.807, 2.05) is 26.0 Å². The lowest BCUT2D eigenvalue weighted by molar-refractivity contribution is 0.0950. The van der Waals surface area contributed by atoms with Crippen LogP contribution >= 0.6 is 11.6 Å². The summed E-state index contributed by atoms with van der Waals surface area (Å²) in [6.07, 6.45) is 1.63. The number of hydrogen-bond donors (Lipinski definition) is 2. The summed E-state index contributed by atoms with van der Waals surface area (Å²) in [6, 6.07) is 14.7. The lowest BCUT2D eigenvalue weighted by atomic mass is 10.1. The molecule has 0 atom stereocenters. The van der Waals surface area contributed by atoms with E-state index in [1.165, 1.54) is 18.2 Å². The molecule has 0 saturated heterocycles. The Balaban J connectivity index is 1.81. The van der Waals surface area contributed by atoms with Crippen LogP contribution in [0.4, 0.5) is 5.69 Å². The van der Waals surface area contributed by atoms with Gasteiger partial charge in [-0.2, -0.15) is 0 Å². The minimum Gasteiger partial charge on any atom is -0.346 e. The van der Waals surface area contributed by atoms with E-state index in [9.17, 15) is 13.2 Å². The predicted octanol–water partition coefficient (Wildman–Crippen LogP) is 4.08. The Morgan fingerprint density at radius 3 is 2.52 bits per heavy atom. The number of nitrogens with one attached hydrogen (secondary N) is 2. The third-order valence-corrected chi connectivity index (χ3v) is 6.12. The van der Waals surface area contributed by atoms with Crippen LogP contribution in [-0.2, 0) is 16.6 Å². The molecule has 1 heterocycles. The molecule has 0 spiro atoms. The number of carbonyl (C=O) groups is 1. The molecule has 3 aromatic rings. The van der Waals surface area contributed by atoms with Crippen molar-refractivity contribution in [2.45, 2.75) is 25.3 Å². The fraction of sp³-hybridized carbons (Fsp3) is 0.143. The van der Waals surface area contributed by atoms with Gasteiger partial charge in [-0.15, -0.1) is 0 Å². The van der Waals surface area contributed by atoms with Gasteiger partial charge in [-0.3, -0.25) is 14.5 Å². The SMILES string of the molecule is Cc1ccc(NS(=O)(=O)c2ccc(Cl)c(C(=O)NCc3ccccn3)c2)cc1C. The number of amides is 1. The second kappa shape index (κ2) is 8.63. The lowest BCUT2D eigenvalue weighted by Crippen LogP contribution is -2.24. The molecule has 150 valence electrons. The molecule has 6 nitrogen and oxygen atoms in total. The van der Waals surface area contributed by atoms with Gasteiger partial charge in [-0.05, 0) is 67.4 Å². The Hall–Kier alpha value is -2.90. The predicted molar refractivity (Wildman–Crippen MR) is 114 cm³/mol. The summed E-state index contributed by atoms with van der Waals surface area (Å²) >= 11 is 6.13. The van der Waals surface area contributed by atoms with Crippen molar-refractivity contribution in [3.63, 3.8) is 0 Å². The highest BCUT2D eigenvalue weighted by atomic mass is 35.5. The van der Waals surface area contributed by atoms with E-state index in [1.54, 1.807) is 30.5 Å². The van der Waals surface area contributed by atoms with Crippen LogP contribution in [0.2, 0.25) is 5.02 Å². The van der Waals surface area contributed by atoms with Crippen LogP contribution in [0.25, 0.3) is 0 Å². The van der Waals surface area contributed by atoms with Gasteiger partial charge in [0.15, 0.2) is 0 Å². The zero-order chi connectivity index (χ0) is 21.0. The van der Waals surface area contributed by atoms with Crippen molar-refractivity contribution < 1.29 is 13.2 Å². The van der Waals surface area contributed by atoms with Crippen LogP contribution in [0.5, 0.6) is 0 Å². The van der Waals surface area contributed by atoms with Crippen LogP contribution in [0, 0.1) is 13.8 Å². The fourth-order valence-corrected chi connectivity index (χ4v) is 3.91. The van der Waals surface area contributed by atoms with Crippen LogP contribution in [-0.4, -0.2) is 19.3 Å². The molecule has 0 aliphatic carbocycles. The zero-order valence-corrected chi connectivity index (χ0v) is 17.5. The van der Waals surface area contributed by atoms with Crippen molar-refractivity contribution in [2.24, 2.45) is 0 Å². The third-order valence-electron chi connectivity index (χ3n) is 4.41. The van der Waals surface area contributed by atoms with Crippen LogP contribution < -0.4 is 10.0 Å². The highest BCUT2D eigenvalue weighted by Crippen LogP contribution is 2.23. The molecule has 0 aliphatic heterocycles. The van der Waals surface area contributed by atoms with Gasteiger partial charge < -0.3 is 5.32 Å². The average Bonchev–Trinajstić information content (AvgIpc) is 2.69. The Labute approximate surface area is 175 Å². The molecule has 29 heavy (non-hydrogen) atoms. The normalized spacial score (nSPS) is 11.1. The minimum absolute atomic E-state index is 0.0527. The number of pyridine rings is 1. The molecule has 1 aromatic heterocycles. The van der Waals surface area contributed by atoms with E-state index >= 15 is 0 Å². The quantitative estimate of drug-likeness (QED) is 0.617. The van der Waals surface area contributed by atoms with E-state index in [4.69, 9.17) is 11.6 Å². The Morgan fingerprint density at radius 2 is 1.83 bits per heavy atom. The summed E-state index contributed by atoms with van der Waals surface area (Å²) in [5, 5.41) is 2.86. The van der Waals surface area contributed by atoms with Crippen LogP contribution in [0.3, 0.4) is 0 Å². The molecule has 1 amide bonds. The summed E-state index contributed by atoms with van der Waals surface area (Å²) in [6.45, 7) is 4.05. The van der Waals surface area contributed by atoms with Crippen LogP contribution in [0.15, 0.2) is 65.7 Å². The molecule has 0 unspecified atom stereocenters. The first-order chi connectivity index (χ1) is 13.8. The number of sulfonamides is 1. The molecular weight excluding hydrogens is 410 g/mol. The van der Waals surface area contributed by atoms with E-state index in [0.717, 1.165) is 11.1 Å². The number of carbonyl (C=O) groups excluding carboxylic acids is 1. The molecule has 2 N–H and O–H groups in total. The molecule has 3 rings (SSSR count). The van der Waals surface area contributed by atoms with Gasteiger partial charge in [0.05, 0.1) is 27.7 Å². The molecule has 0 aliphatic rings. The smallest absolute Gasteiger partial charge is 0.261 e. The molecule has 2 aromatic carbocycles. The number of hydrogen-bond acceptors (Lipinski definition) is 4. The van der Waals surface area contributed by atoms with Gasteiger partial charge in [-0.1, -0.05) is 23.7 Å². The molecule has 8 heteroatoms. The standard InChI is InChI=1S/C21H20ClN3O3S/c1-14-6-7-16(11-15(14)2)25-29(27,28)18-8-9-20(22)19(12-18)21(26)24-13-17-5-3-4-10-23-17/h3-12,25H,13H2,1-2H3,(H,24,26). The van der Waals surface area contributed by atoms with E-state index in [-0.39, 0.29) is 22.0 Å². The second-order valence-corrected chi connectivity index (χ2v) is 8.64. The molecule has 0 fully saturated rings. The number of rotatable bonds is 6. The summed E-state index contributed by atoms with van der Waals surface area (Å²) in [5.41, 5.74) is 3.23. The van der Waals surface area contributed by atoms with Gasteiger partial charge >= 0.3 is 0 Å². The second-order valence-electron chi connectivity index (χ2n) is 6.55. The van der Waals surface area contributed by atoms with Gasteiger partial charge in [-0.25, -0.2) is 8.42 Å². The Morgan fingerprint density at radius 1 is 1.03 bits per heavy atom. The number of nitrogens with zero attached hydrogens (tertiary/aromatic N) is 1. The first-order valence-electron chi connectivity index (χ1n) is 8.84. The fourth-order valence-electron chi connectivity index (χ4n) is 2.63. The Bertz CT molecular complexity index is 1150. The van der Waals surface area contributed by atoms with Crippen molar-refractivity contribution in [1.82, 2.24) is 10.3 Å². The summed E-state index contributed by atoms with van der Waals surface area (Å²) in [5.74, 6) is -0.483. The van der Waals surface area contributed by atoms with Crippen molar-refractivity contribution in [1.29, 1.82) is 0 Å². The van der Waals surface area contributed by atoms with E-state index in [2.05, 4.69) is 15.0 Å². The monoisotopic (exact) mass is 429 g/mol. The minimum atomic E-state index is -3.88. The van der Waals surface area contributed by atoms with Gasteiger partial charge in [0.25, 0.3) is 15.9 Å². The molecule has 0 bridgehead atoms. The number of aromatic nitrogens is 1. The Kier molecular flexibility index (Phi) is 6.20.